The summed E-state index contributed by atoms with van der Waals surface area (Å²) in [5.74, 6) is 0. The van der Waals surface area contributed by atoms with Gasteiger partial charge >= 0.3 is 0 Å². The summed E-state index contributed by atoms with van der Waals surface area (Å²) in [4.78, 5) is 0. The monoisotopic (exact) mass is 301 g/mol. The van der Waals surface area contributed by atoms with Gasteiger partial charge in [0.05, 0.1) is 0 Å². The average molecular weight is 301 g/mol. The third-order valence-corrected chi connectivity index (χ3v) is 4.85. The van der Waals surface area contributed by atoms with Crippen LogP contribution < -0.4 is 5.32 Å². The second kappa shape index (κ2) is 5.85. The molecule has 1 aromatic carbocycles. The van der Waals surface area contributed by atoms with Crippen molar-refractivity contribution in [3.8, 4) is 10.6 Å². The summed E-state index contributed by atoms with van der Waals surface area (Å²) < 4.78 is 0. The Morgan fingerprint density at radius 1 is 1.14 bits per heavy atom. The minimum absolute atomic E-state index is 0.194. The van der Waals surface area contributed by atoms with Gasteiger partial charge in [-0.05, 0) is 23.8 Å². The summed E-state index contributed by atoms with van der Waals surface area (Å²) in [5.41, 5.74) is 2.71. The van der Waals surface area contributed by atoms with Gasteiger partial charge < -0.3 is 5.32 Å². The normalized spacial score (nSPS) is 15.4. The van der Waals surface area contributed by atoms with E-state index in [2.05, 4.69) is 60.6 Å². The second-order valence-electron chi connectivity index (χ2n) is 6.81. The molecule has 1 heterocycles. The van der Waals surface area contributed by atoms with Gasteiger partial charge in [0.25, 0.3) is 0 Å². The number of hydrogen-bond donors (Lipinski definition) is 1. The Bertz CT molecular complexity index is 591. The van der Waals surface area contributed by atoms with E-state index in [1.54, 1.807) is 11.3 Å². The molecular formula is C17H23N3S. The molecule has 112 valence electrons. The molecule has 1 aromatic heterocycles. The van der Waals surface area contributed by atoms with Gasteiger partial charge in [-0.25, -0.2) is 0 Å². The summed E-state index contributed by atoms with van der Waals surface area (Å²) in [6.45, 7) is 7.72. The molecule has 0 atom stereocenters. The van der Waals surface area contributed by atoms with E-state index in [1.807, 2.05) is 0 Å². The lowest BCUT2D eigenvalue weighted by Gasteiger charge is -2.18. The summed E-state index contributed by atoms with van der Waals surface area (Å²) in [7, 11) is 0. The van der Waals surface area contributed by atoms with Gasteiger partial charge in [-0.15, -0.1) is 10.2 Å². The van der Waals surface area contributed by atoms with Gasteiger partial charge in [0, 0.05) is 24.6 Å². The van der Waals surface area contributed by atoms with Crippen molar-refractivity contribution in [1.82, 2.24) is 15.5 Å². The van der Waals surface area contributed by atoms with E-state index in [0.717, 1.165) is 29.0 Å². The van der Waals surface area contributed by atoms with Crippen LogP contribution in [-0.2, 0) is 11.8 Å². The maximum atomic E-state index is 4.33. The highest BCUT2D eigenvalue weighted by molar-refractivity contribution is 7.14. The van der Waals surface area contributed by atoms with Crippen LogP contribution in [0, 0.1) is 0 Å². The van der Waals surface area contributed by atoms with Crippen molar-refractivity contribution in [1.29, 1.82) is 0 Å². The molecule has 1 fully saturated rings. The van der Waals surface area contributed by atoms with E-state index >= 15 is 0 Å². The van der Waals surface area contributed by atoms with Gasteiger partial charge in [-0.3, -0.25) is 0 Å². The lowest BCUT2D eigenvalue weighted by Crippen LogP contribution is -2.19. The van der Waals surface area contributed by atoms with E-state index < -0.39 is 0 Å². The Balaban J connectivity index is 1.64. The molecule has 0 aliphatic heterocycles. The molecule has 1 saturated carbocycles. The van der Waals surface area contributed by atoms with Crippen LogP contribution in [0.3, 0.4) is 0 Å². The number of rotatable bonds is 5. The number of aromatic nitrogens is 2. The van der Waals surface area contributed by atoms with Crippen molar-refractivity contribution < 1.29 is 0 Å². The minimum Gasteiger partial charge on any atom is -0.314 e. The Morgan fingerprint density at radius 2 is 1.86 bits per heavy atom. The van der Waals surface area contributed by atoms with Gasteiger partial charge in [0.2, 0.25) is 0 Å². The summed E-state index contributed by atoms with van der Waals surface area (Å²) in [6.07, 6.45) is 3.65. The highest BCUT2D eigenvalue weighted by atomic mass is 32.1. The van der Waals surface area contributed by atoms with Gasteiger partial charge in [-0.1, -0.05) is 56.4 Å². The zero-order valence-corrected chi connectivity index (χ0v) is 13.8. The SMILES string of the molecule is CC(C)(C)c1ccc(-c2nnc(CCNC3CC3)s2)cc1. The molecule has 1 N–H and O–H groups in total. The molecule has 3 rings (SSSR count). The van der Waals surface area contributed by atoms with Crippen LogP contribution in [0.25, 0.3) is 10.6 Å². The third kappa shape index (κ3) is 3.89. The molecule has 1 aliphatic carbocycles. The Labute approximate surface area is 130 Å². The largest absolute Gasteiger partial charge is 0.314 e. The predicted molar refractivity (Wildman–Crippen MR) is 88.8 cm³/mol. The first kappa shape index (κ1) is 14.7. The van der Waals surface area contributed by atoms with Crippen LogP contribution in [0.5, 0.6) is 0 Å². The molecule has 2 aromatic rings. The van der Waals surface area contributed by atoms with Gasteiger partial charge in [0.15, 0.2) is 0 Å². The second-order valence-corrected chi connectivity index (χ2v) is 7.87. The zero-order chi connectivity index (χ0) is 14.9. The van der Waals surface area contributed by atoms with Crippen LogP contribution in [0.4, 0.5) is 0 Å². The standard InChI is InChI=1S/C17H23N3S/c1-17(2,3)13-6-4-12(5-7-13)16-20-19-15(21-16)10-11-18-14-8-9-14/h4-7,14,18H,8-11H2,1-3H3. The lowest BCUT2D eigenvalue weighted by molar-refractivity contribution is 0.590. The van der Waals surface area contributed by atoms with Crippen molar-refractivity contribution >= 4 is 11.3 Å². The van der Waals surface area contributed by atoms with Crippen molar-refractivity contribution in [2.24, 2.45) is 0 Å². The smallest absolute Gasteiger partial charge is 0.147 e. The first-order chi connectivity index (χ1) is 10.0. The molecule has 0 radical (unpaired) electrons. The lowest BCUT2D eigenvalue weighted by atomic mass is 9.87. The molecule has 0 saturated heterocycles. The molecule has 3 nitrogen and oxygen atoms in total. The molecule has 0 unspecified atom stereocenters. The number of benzene rings is 1. The highest BCUT2D eigenvalue weighted by Gasteiger charge is 2.20. The van der Waals surface area contributed by atoms with Crippen molar-refractivity contribution in [3.63, 3.8) is 0 Å². The number of nitrogens with one attached hydrogen (secondary N) is 1. The van der Waals surface area contributed by atoms with Crippen molar-refractivity contribution in [3.05, 3.63) is 34.8 Å². The van der Waals surface area contributed by atoms with Gasteiger partial charge in [-0.2, -0.15) is 0 Å². The maximum Gasteiger partial charge on any atom is 0.147 e. The summed E-state index contributed by atoms with van der Waals surface area (Å²) >= 11 is 1.71. The Morgan fingerprint density at radius 3 is 2.48 bits per heavy atom. The van der Waals surface area contributed by atoms with E-state index in [-0.39, 0.29) is 5.41 Å². The van der Waals surface area contributed by atoms with Crippen LogP contribution >= 0.6 is 11.3 Å². The van der Waals surface area contributed by atoms with Crippen LogP contribution in [-0.4, -0.2) is 22.8 Å². The van der Waals surface area contributed by atoms with E-state index in [1.165, 1.54) is 24.0 Å². The fourth-order valence-corrected chi connectivity index (χ4v) is 3.10. The minimum atomic E-state index is 0.194. The molecule has 0 spiro atoms. The molecule has 21 heavy (non-hydrogen) atoms. The highest BCUT2D eigenvalue weighted by Crippen LogP contribution is 2.28. The number of hydrogen-bond acceptors (Lipinski definition) is 4. The van der Waals surface area contributed by atoms with Crippen LogP contribution in [0.1, 0.15) is 44.2 Å². The molecule has 1 aliphatic rings. The van der Waals surface area contributed by atoms with Crippen LogP contribution in [0.15, 0.2) is 24.3 Å². The predicted octanol–water partition coefficient (Wildman–Crippen LogP) is 3.80. The maximum absolute atomic E-state index is 4.33. The number of nitrogens with zero attached hydrogens (tertiary/aromatic N) is 2. The topological polar surface area (TPSA) is 37.8 Å². The van der Waals surface area contributed by atoms with E-state index in [4.69, 9.17) is 0 Å². The Hall–Kier alpha value is -1.26. The molecular weight excluding hydrogens is 278 g/mol. The first-order valence-corrected chi connectivity index (χ1v) is 8.51. The van der Waals surface area contributed by atoms with E-state index in [9.17, 15) is 0 Å². The Kier molecular flexibility index (Phi) is 4.09. The third-order valence-electron chi connectivity index (χ3n) is 3.81. The fourth-order valence-electron chi connectivity index (χ4n) is 2.25. The molecule has 0 bridgehead atoms. The summed E-state index contributed by atoms with van der Waals surface area (Å²) in [6, 6.07) is 9.49. The summed E-state index contributed by atoms with van der Waals surface area (Å²) in [5, 5.41) is 14.3. The van der Waals surface area contributed by atoms with E-state index in [0.29, 0.717) is 0 Å². The zero-order valence-electron chi connectivity index (χ0n) is 13.0. The van der Waals surface area contributed by atoms with Gasteiger partial charge in [0.1, 0.15) is 10.0 Å². The van der Waals surface area contributed by atoms with Crippen LogP contribution in [0.2, 0.25) is 0 Å². The first-order valence-electron chi connectivity index (χ1n) is 7.69. The fraction of sp³-hybridized carbons (Fsp3) is 0.529. The molecule has 4 heteroatoms. The average Bonchev–Trinajstić information content (AvgIpc) is 3.14. The molecule has 0 amide bonds. The van der Waals surface area contributed by atoms with Crippen molar-refractivity contribution in [2.75, 3.05) is 6.54 Å². The van der Waals surface area contributed by atoms with Crippen molar-refractivity contribution in [2.45, 2.75) is 51.5 Å². The quantitative estimate of drug-likeness (QED) is 0.913.